The molecule has 5 N–H and O–H groups in total. The van der Waals surface area contributed by atoms with E-state index < -0.39 is 5.91 Å². The van der Waals surface area contributed by atoms with Gasteiger partial charge in [0.25, 0.3) is 5.91 Å². The van der Waals surface area contributed by atoms with Crippen LogP contribution in [0.1, 0.15) is 36.0 Å². The van der Waals surface area contributed by atoms with Gasteiger partial charge < -0.3 is 16.8 Å². The van der Waals surface area contributed by atoms with Crippen LogP contribution in [-0.4, -0.2) is 23.0 Å². The quantitative estimate of drug-likeness (QED) is 0.723. The number of rotatable bonds is 3. The number of nitrogens with two attached hydrogens (primary N) is 2. The third-order valence-electron chi connectivity index (χ3n) is 3.21. The summed E-state index contributed by atoms with van der Waals surface area (Å²) in [6.07, 6.45) is 5.99. The van der Waals surface area contributed by atoms with Gasteiger partial charge in [-0.1, -0.05) is 12.8 Å². The molecule has 0 aliphatic heterocycles. The van der Waals surface area contributed by atoms with E-state index in [1.807, 2.05) is 0 Å². The third-order valence-corrected chi connectivity index (χ3v) is 3.21. The van der Waals surface area contributed by atoms with E-state index >= 15 is 0 Å². The van der Waals surface area contributed by atoms with Crippen molar-refractivity contribution in [3.8, 4) is 0 Å². The van der Waals surface area contributed by atoms with Gasteiger partial charge in [-0.3, -0.25) is 4.79 Å². The second kappa shape index (κ2) is 5.14. The molecule has 0 aromatic carbocycles. The highest BCUT2D eigenvalue weighted by Crippen LogP contribution is 2.21. The Balaban J connectivity index is 2.14. The summed E-state index contributed by atoms with van der Waals surface area (Å²) < 4.78 is 0. The number of nitrogens with zero attached hydrogens (tertiary/aromatic N) is 1. The number of hydrogen-bond acceptors (Lipinski definition) is 4. The molecule has 1 fully saturated rings. The molecule has 5 heteroatoms. The SMILES string of the molecule is NC(=O)c1cccnc1NC1CCCCC1N. The average Bonchev–Trinajstić information content (AvgIpc) is 2.32. The zero-order chi connectivity index (χ0) is 12.3. The van der Waals surface area contributed by atoms with Crippen molar-refractivity contribution in [3.05, 3.63) is 23.9 Å². The van der Waals surface area contributed by atoms with Crippen LogP contribution in [0.2, 0.25) is 0 Å². The van der Waals surface area contributed by atoms with E-state index in [0.29, 0.717) is 11.4 Å². The van der Waals surface area contributed by atoms with E-state index in [1.54, 1.807) is 18.3 Å². The number of hydrogen-bond donors (Lipinski definition) is 3. The molecular formula is C12H18N4O. The minimum Gasteiger partial charge on any atom is -0.365 e. The Hall–Kier alpha value is -1.62. The molecule has 1 aromatic heterocycles. The molecule has 1 aliphatic rings. The molecule has 5 nitrogen and oxygen atoms in total. The fourth-order valence-corrected chi connectivity index (χ4v) is 2.23. The fraction of sp³-hybridized carbons (Fsp3) is 0.500. The molecule has 1 amide bonds. The van der Waals surface area contributed by atoms with Gasteiger partial charge in [0.2, 0.25) is 0 Å². The highest BCUT2D eigenvalue weighted by atomic mass is 16.1. The summed E-state index contributed by atoms with van der Waals surface area (Å²) in [7, 11) is 0. The summed E-state index contributed by atoms with van der Waals surface area (Å²) in [6.45, 7) is 0. The molecule has 0 bridgehead atoms. The van der Waals surface area contributed by atoms with Gasteiger partial charge in [-0.25, -0.2) is 4.98 Å². The summed E-state index contributed by atoms with van der Waals surface area (Å²) in [4.78, 5) is 15.4. The van der Waals surface area contributed by atoms with E-state index in [0.717, 1.165) is 19.3 Å². The summed E-state index contributed by atoms with van der Waals surface area (Å²) in [5.74, 6) is 0.0762. The second-order valence-electron chi connectivity index (χ2n) is 4.46. The first-order chi connectivity index (χ1) is 8.18. The van der Waals surface area contributed by atoms with Crippen molar-refractivity contribution < 1.29 is 4.79 Å². The van der Waals surface area contributed by atoms with Crippen molar-refractivity contribution in [1.29, 1.82) is 0 Å². The van der Waals surface area contributed by atoms with Gasteiger partial charge in [-0.2, -0.15) is 0 Å². The number of aromatic nitrogens is 1. The van der Waals surface area contributed by atoms with Gasteiger partial charge in [-0.05, 0) is 25.0 Å². The van der Waals surface area contributed by atoms with Crippen molar-refractivity contribution in [2.24, 2.45) is 11.5 Å². The third kappa shape index (κ3) is 2.74. The molecule has 1 saturated carbocycles. The van der Waals surface area contributed by atoms with E-state index in [9.17, 15) is 4.79 Å². The molecule has 0 radical (unpaired) electrons. The Morgan fingerprint density at radius 3 is 2.88 bits per heavy atom. The van der Waals surface area contributed by atoms with Crippen LogP contribution in [0, 0.1) is 0 Å². The van der Waals surface area contributed by atoms with Crippen molar-refractivity contribution >= 4 is 11.7 Å². The fourth-order valence-electron chi connectivity index (χ4n) is 2.23. The molecular weight excluding hydrogens is 216 g/mol. The van der Waals surface area contributed by atoms with Gasteiger partial charge in [0, 0.05) is 18.3 Å². The van der Waals surface area contributed by atoms with Gasteiger partial charge in [0.15, 0.2) is 0 Å². The lowest BCUT2D eigenvalue weighted by Crippen LogP contribution is -2.43. The zero-order valence-corrected chi connectivity index (χ0v) is 9.73. The second-order valence-corrected chi connectivity index (χ2v) is 4.46. The van der Waals surface area contributed by atoms with Crippen molar-refractivity contribution in [1.82, 2.24) is 4.98 Å². The van der Waals surface area contributed by atoms with Crippen molar-refractivity contribution in [2.75, 3.05) is 5.32 Å². The van der Waals surface area contributed by atoms with E-state index in [4.69, 9.17) is 11.5 Å². The Labute approximate surface area is 101 Å². The lowest BCUT2D eigenvalue weighted by Gasteiger charge is -2.30. The first kappa shape index (κ1) is 11.9. The molecule has 0 spiro atoms. The van der Waals surface area contributed by atoms with Crippen molar-refractivity contribution in [2.45, 2.75) is 37.8 Å². The molecule has 92 valence electrons. The molecule has 0 saturated heterocycles. The van der Waals surface area contributed by atoms with Crippen LogP contribution in [0.15, 0.2) is 18.3 Å². The van der Waals surface area contributed by atoms with Crippen LogP contribution in [-0.2, 0) is 0 Å². The molecule has 1 heterocycles. The standard InChI is InChI=1S/C12H18N4O/c13-9-5-1-2-6-10(9)16-12-8(11(14)17)4-3-7-15-12/h3-4,7,9-10H,1-2,5-6,13H2,(H2,14,17)(H,15,16). The Morgan fingerprint density at radius 2 is 2.18 bits per heavy atom. The zero-order valence-electron chi connectivity index (χ0n) is 9.73. The Bertz CT molecular complexity index is 407. The maximum absolute atomic E-state index is 11.3. The number of anilines is 1. The topological polar surface area (TPSA) is 94.0 Å². The lowest BCUT2D eigenvalue weighted by atomic mass is 9.91. The molecule has 2 atom stereocenters. The molecule has 2 rings (SSSR count). The predicted octanol–water partition coefficient (Wildman–Crippen LogP) is 0.862. The monoisotopic (exact) mass is 234 g/mol. The number of nitrogens with one attached hydrogen (secondary N) is 1. The van der Waals surface area contributed by atoms with Crippen LogP contribution in [0.3, 0.4) is 0 Å². The highest BCUT2D eigenvalue weighted by molar-refractivity contribution is 5.97. The molecule has 2 unspecified atom stereocenters. The first-order valence-electron chi connectivity index (χ1n) is 5.95. The van der Waals surface area contributed by atoms with Gasteiger partial charge in [-0.15, -0.1) is 0 Å². The van der Waals surface area contributed by atoms with Crippen LogP contribution in [0.5, 0.6) is 0 Å². The van der Waals surface area contributed by atoms with Gasteiger partial charge in [0.05, 0.1) is 5.56 Å². The summed E-state index contributed by atoms with van der Waals surface area (Å²) in [5, 5.41) is 3.24. The minimum absolute atomic E-state index is 0.117. The first-order valence-corrected chi connectivity index (χ1v) is 5.95. The summed E-state index contributed by atoms with van der Waals surface area (Å²) in [6, 6.07) is 3.67. The van der Waals surface area contributed by atoms with E-state index in [-0.39, 0.29) is 12.1 Å². The van der Waals surface area contributed by atoms with Crippen molar-refractivity contribution in [3.63, 3.8) is 0 Å². The smallest absolute Gasteiger partial charge is 0.252 e. The Morgan fingerprint density at radius 1 is 1.41 bits per heavy atom. The van der Waals surface area contributed by atoms with Crippen LogP contribution in [0.25, 0.3) is 0 Å². The summed E-state index contributed by atoms with van der Waals surface area (Å²) >= 11 is 0. The van der Waals surface area contributed by atoms with Crippen LogP contribution < -0.4 is 16.8 Å². The molecule has 1 aliphatic carbocycles. The highest BCUT2D eigenvalue weighted by Gasteiger charge is 2.23. The van der Waals surface area contributed by atoms with E-state index in [1.165, 1.54) is 6.42 Å². The van der Waals surface area contributed by atoms with E-state index in [2.05, 4.69) is 10.3 Å². The number of carbonyl (C=O) groups is 1. The minimum atomic E-state index is -0.468. The molecule has 17 heavy (non-hydrogen) atoms. The van der Waals surface area contributed by atoms with Crippen LogP contribution in [0.4, 0.5) is 5.82 Å². The summed E-state index contributed by atoms with van der Waals surface area (Å²) in [5.41, 5.74) is 11.8. The lowest BCUT2D eigenvalue weighted by molar-refractivity contribution is 0.100. The number of primary amides is 1. The average molecular weight is 234 g/mol. The maximum atomic E-state index is 11.3. The van der Waals surface area contributed by atoms with Gasteiger partial charge in [0.1, 0.15) is 5.82 Å². The number of pyridine rings is 1. The largest absolute Gasteiger partial charge is 0.365 e. The van der Waals surface area contributed by atoms with Crippen LogP contribution >= 0.6 is 0 Å². The normalized spacial score (nSPS) is 24.3. The molecule has 1 aromatic rings. The number of carbonyl (C=O) groups excluding carboxylic acids is 1. The van der Waals surface area contributed by atoms with Gasteiger partial charge >= 0.3 is 0 Å². The predicted molar refractivity (Wildman–Crippen MR) is 66.6 cm³/mol. The maximum Gasteiger partial charge on any atom is 0.252 e. The Kier molecular flexibility index (Phi) is 3.58. The number of amides is 1.